The molecule has 0 aliphatic carbocycles. The number of benzene rings is 1. The van der Waals surface area contributed by atoms with Gasteiger partial charge in [0, 0.05) is 20.4 Å². The molecule has 0 saturated heterocycles. The number of esters is 2. The highest BCUT2D eigenvalue weighted by molar-refractivity contribution is 14.1. The van der Waals surface area contributed by atoms with E-state index in [2.05, 4.69) is 40.5 Å². The maximum atomic E-state index is 11.8. The van der Waals surface area contributed by atoms with Gasteiger partial charge in [0.2, 0.25) is 0 Å². The fourth-order valence-electron chi connectivity index (χ4n) is 1.37. The van der Waals surface area contributed by atoms with Crippen LogP contribution in [0.3, 0.4) is 0 Å². The summed E-state index contributed by atoms with van der Waals surface area (Å²) in [7, 11) is 0. The van der Waals surface area contributed by atoms with Crippen LogP contribution in [0.5, 0.6) is 0 Å². The molecule has 1 rings (SSSR count). The number of hydrogen-bond acceptors (Lipinski definition) is 6. The van der Waals surface area contributed by atoms with E-state index in [0.29, 0.717) is 0 Å². The summed E-state index contributed by atoms with van der Waals surface area (Å²) in [6.45, 7) is 3.70. The maximum Gasteiger partial charge on any atom is 0.347 e. The number of thiol groups is 1. The van der Waals surface area contributed by atoms with Gasteiger partial charge in [0.25, 0.3) is 0 Å². The van der Waals surface area contributed by atoms with Crippen LogP contribution < -0.4 is 5.32 Å². The minimum absolute atomic E-state index is 0.177. The molecule has 0 unspecified atom stereocenters. The molecule has 7 heteroatoms. The number of rotatable bonds is 6. The van der Waals surface area contributed by atoms with Crippen LogP contribution in [0, 0.1) is 3.57 Å². The van der Waals surface area contributed by atoms with Gasteiger partial charge in [-0.2, -0.15) is 0 Å². The molecule has 0 spiro atoms. The molecule has 0 fully saturated rings. The largest absolute Gasteiger partial charge is 0.462 e. The molecule has 114 valence electrons. The second-order valence-electron chi connectivity index (χ2n) is 3.81. The molecule has 0 aliphatic rings. The van der Waals surface area contributed by atoms with Gasteiger partial charge in [0.15, 0.2) is 5.57 Å². The lowest BCUT2D eigenvalue weighted by atomic mass is 10.2. The van der Waals surface area contributed by atoms with Crippen LogP contribution in [0.1, 0.15) is 13.8 Å². The predicted octanol–water partition coefficient (Wildman–Crippen LogP) is 3.00. The van der Waals surface area contributed by atoms with Gasteiger partial charge in [-0.1, -0.05) is 0 Å². The maximum absolute atomic E-state index is 11.8. The molecule has 1 aromatic carbocycles. The second kappa shape index (κ2) is 8.93. The van der Waals surface area contributed by atoms with Crippen molar-refractivity contribution in [1.29, 1.82) is 0 Å². The highest BCUT2D eigenvalue weighted by Gasteiger charge is 2.20. The number of ether oxygens (including phenoxy) is 2. The van der Waals surface area contributed by atoms with Gasteiger partial charge in [-0.3, -0.25) is 0 Å². The first-order valence-electron chi connectivity index (χ1n) is 6.29. The lowest BCUT2D eigenvalue weighted by Gasteiger charge is -2.08. The summed E-state index contributed by atoms with van der Waals surface area (Å²) in [5.41, 5.74) is 0.548. The topological polar surface area (TPSA) is 64.6 Å². The van der Waals surface area contributed by atoms with Crippen LogP contribution in [0.15, 0.2) is 34.9 Å². The van der Waals surface area contributed by atoms with E-state index in [1.807, 2.05) is 12.1 Å². The van der Waals surface area contributed by atoms with Gasteiger partial charge in [-0.15, -0.1) is 12.6 Å². The molecule has 1 aromatic rings. The quantitative estimate of drug-likeness (QED) is 0.185. The number of anilines is 1. The van der Waals surface area contributed by atoms with Crippen LogP contribution in [0.25, 0.3) is 0 Å². The molecule has 0 amide bonds. The minimum Gasteiger partial charge on any atom is -0.462 e. The Labute approximate surface area is 142 Å². The number of halogens is 1. The van der Waals surface area contributed by atoms with Crippen molar-refractivity contribution in [2.45, 2.75) is 18.7 Å². The summed E-state index contributed by atoms with van der Waals surface area (Å²) >= 11 is 6.42. The Hall–Kier alpha value is -1.22. The minimum atomic E-state index is -0.719. The third-order valence-electron chi connectivity index (χ3n) is 2.32. The molecular formula is C14H16INO4S. The molecule has 0 atom stereocenters. The predicted molar refractivity (Wildman–Crippen MR) is 91.4 cm³/mol. The summed E-state index contributed by atoms with van der Waals surface area (Å²) in [5, 5.41) is 2.89. The van der Waals surface area contributed by atoms with Crippen molar-refractivity contribution in [3.05, 3.63) is 33.5 Å². The monoisotopic (exact) mass is 421 g/mol. The van der Waals surface area contributed by atoms with E-state index in [-0.39, 0.29) is 18.8 Å². The fourth-order valence-corrected chi connectivity index (χ4v) is 2.03. The zero-order chi connectivity index (χ0) is 15.8. The Morgan fingerprint density at radius 2 is 1.81 bits per heavy atom. The molecule has 1 N–H and O–H groups in total. The van der Waals surface area contributed by atoms with E-state index >= 15 is 0 Å². The van der Waals surface area contributed by atoms with Crippen molar-refractivity contribution in [3.8, 4) is 0 Å². The lowest BCUT2D eigenvalue weighted by Crippen LogP contribution is -2.19. The van der Waals surface area contributed by atoms with E-state index in [1.54, 1.807) is 19.9 Å². The fraction of sp³-hybridized carbons (Fsp3) is 0.286. The van der Waals surface area contributed by atoms with Crippen LogP contribution in [0.4, 0.5) is 5.69 Å². The zero-order valence-electron chi connectivity index (χ0n) is 11.7. The van der Waals surface area contributed by atoms with Crippen LogP contribution in [0.2, 0.25) is 0 Å². The van der Waals surface area contributed by atoms with Crippen LogP contribution >= 0.6 is 35.2 Å². The number of nitrogens with one attached hydrogen (secondary N) is 1. The number of carbonyl (C=O) groups excluding carboxylic acids is 2. The van der Waals surface area contributed by atoms with Crippen molar-refractivity contribution < 1.29 is 19.1 Å². The second-order valence-corrected chi connectivity index (χ2v) is 5.45. The molecule has 21 heavy (non-hydrogen) atoms. The van der Waals surface area contributed by atoms with E-state index < -0.39 is 11.9 Å². The average molecular weight is 421 g/mol. The first-order valence-corrected chi connectivity index (χ1v) is 7.81. The average Bonchev–Trinajstić information content (AvgIpc) is 2.43. The van der Waals surface area contributed by atoms with Gasteiger partial charge in [-0.25, -0.2) is 9.59 Å². The summed E-state index contributed by atoms with van der Waals surface area (Å²) < 4.78 is 10.6. The Morgan fingerprint density at radius 1 is 1.24 bits per heavy atom. The summed E-state index contributed by atoms with van der Waals surface area (Å²) in [6.07, 6.45) is 1.29. The molecule has 5 nitrogen and oxygen atoms in total. The Morgan fingerprint density at radius 3 is 2.29 bits per heavy atom. The van der Waals surface area contributed by atoms with Crippen molar-refractivity contribution in [1.82, 2.24) is 0 Å². The van der Waals surface area contributed by atoms with Crippen molar-refractivity contribution >= 4 is 52.8 Å². The SMILES string of the molecule is CCOC(=O)C(=CNc1ccc(S)c(I)c1)C(=O)OCC. The Balaban J connectivity index is 2.93. The number of hydrogen-bond donors (Lipinski definition) is 2. The van der Waals surface area contributed by atoms with Gasteiger partial charge in [-0.05, 0) is 54.6 Å². The third-order valence-corrected chi connectivity index (χ3v) is 4.03. The molecular weight excluding hydrogens is 405 g/mol. The third kappa shape index (κ3) is 5.58. The smallest absolute Gasteiger partial charge is 0.347 e. The first kappa shape index (κ1) is 17.8. The summed E-state index contributed by atoms with van der Waals surface area (Å²) in [5.74, 6) is -1.44. The van der Waals surface area contributed by atoms with Gasteiger partial charge in [0.1, 0.15) is 0 Å². The van der Waals surface area contributed by atoms with E-state index in [4.69, 9.17) is 9.47 Å². The normalized spacial score (nSPS) is 9.71. The molecule has 0 aromatic heterocycles. The van der Waals surface area contributed by atoms with E-state index in [9.17, 15) is 9.59 Å². The van der Waals surface area contributed by atoms with Crippen LogP contribution in [-0.4, -0.2) is 25.2 Å². The van der Waals surface area contributed by atoms with Gasteiger partial charge < -0.3 is 14.8 Å². The van der Waals surface area contributed by atoms with E-state index in [0.717, 1.165) is 14.2 Å². The number of carbonyl (C=O) groups is 2. The van der Waals surface area contributed by atoms with Crippen molar-refractivity contribution in [2.75, 3.05) is 18.5 Å². The van der Waals surface area contributed by atoms with Gasteiger partial charge >= 0.3 is 11.9 Å². The molecule has 0 heterocycles. The summed E-state index contributed by atoms with van der Waals surface area (Å²) in [6, 6.07) is 5.44. The zero-order valence-corrected chi connectivity index (χ0v) is 14.7. The van der Waals surface area contributed by atoms with Crippen molar-refractivity contribution in [2.24, 2.45) is 0 Å². The highest BCUT2D eigenvalue weighted by atomic mass is 127. The van der Waals surface area contributed by atoms with Gasteiger partial charge in [0.05, 0.1) is 13.2 Å². The van der Waals surface area contributed by atoms with E-state index in [1.165, 1.54) is 6.20 Å². The Bertz CT molecular complexity index is 540. The first-order chi connectivity index (χ1) is 9.99. The lowest BCUT2D eigenvalue weighted by molar-refractivity contribution is -0.146. The molecule has 0 bridgehead atoms. The molecule has 0 aliphatic heterocycles. The van der Waals surface area contributed by atoms with Crippen LogP contribution in [-0.2, 0) is 19.1 Å². The highest BCUT2D eigenvalue weighted by Crippen LogP contribution is 2.21. The standard InChI is InChI=1S/C14H16INO4S/c1-3-19-13(17)10(14(18)20-4-2)8-16-9-5-6-12(21)11(15)7-9/h5-8,16,21H,3-4H2,1-2H3. The molecule has 0 radical (unpaired) electrons. The Kier molecular flexibility index (Phi) is 7.58. The summed E-state index contributed by atoms with van der Waals surface area (Å²) in [4.78, 5) is 24.4. The molecule has 0 saturated carbocycles. The van der Waals surface area contributed by atoms with Crippen molar-refractivity contribution in [3.63, 3.8) is 0 Å².